The molecule has 1 amide bonds. The monoisotopic (exact) mass is 416 g/mol. The van der Waals surface area contributed by atoms with E-state index in [0.717, 1.165) is 36.1 Å². The molecule has 2 aromatic carbocycles. The van der Waals surface area contributed by atoms with Crippen molar-refractivity contribution in [1.29, 1.82) is 0 Å². The maximum absolute atomic E-state index is 12.1. The molecule has 134 valence electrons. The highest BCUT2D eigenvalue weighted by Crippen LogP contribution is 2.27. The first-order valence-electron chi connectivity index (χ1n) is 8.17. The lowest BCUT2D eigenvalue weighted by atomic mass is 10.1. The van der Waals surface area contributed by atoms with Crippen LogP contribution >= 0.6 is 15.9 Å². The average Bonchev–Trinajstić information content (AvgIpc) is 3.16. The van der Waals surface area contributed by atoms with Crippen molar-refractivity contribution in [1.82, 2.24) is 5.43 Å². The Balaban J connectivity index is 1.79. The SMILES string of the molecule is O=C(N/N=C/c1cc([N+](=O)[O-])ccc1N1CCCC1)c1ccc(Br)cc1. The van der Waals surface area contributed by atoms with Gasteiger partial charge in [0.2, 0.25) is 0 Å². The molecule has 1 N–H and O–H groups in total. The maximum atomic E-state index is 12.1. The lowest BCUT2D eigenvalue weighted by molar-refractivity contribution is -0.384. The van der Waals surface area contributed by atoms with E-state index in [2.05, 4.69) is 31.4 Å². The molecule has 1 saturated heterocycles. The normalized spacial score (nSPS) is 14.0. The van der Waals surface area contributed by atoms with E-state index in [1.165, 1.54) is 18.3 Å². The Morgan fingerprint density at radius 1 is 1.19 bits per heavy atom. The number of carbonyl (C=O) groups is 1. The number of non-ortho nitro benzene ring substituents is 1. The number of hydrogen-bond acceptors (Lipinski definition) is 5. The molecule has 2 aromatic rings. The van der Waals surface area contributed by atoms with Crippen LogP contribution in [0.2, 0.25) is 0 Å². The Bertz CT molecular complexity index is 846. The molecular formula is C18H17BrN4O3. The van der Waals surface area contributed by atoms with Crippen LogP contribution in [0.25, 0.3) is 0 Å². The maximum Gasteiger partial charge on any atom is 0.271 e. The summed E-state index contributed by atoms with van der Waals surface area (Å²) in [5, 5.41) is 15.0. The zero-order valence-electron chi connectivity index (χ0n) is 13.9. The van der Waals surface area contributed by atoms with E-state index < -0.39 is 4.92 Å². The van der Waals surface area contributed by atoms with E-state index in [9.17, 15) is 14.9 Å². The van der Waals surface area contributed by atoms with Gasteiger partial charge in [-0.05, 0) is 43.2 Å². The molecule has 0 atom stereocenters. The molecule has 0 saturated carbocycles. The fourth-order valence-electron chi connectivity index (χ4n) is 2.83. The van der Waals surface area contributed by atoms with Crippen molar-refractivity contribution in [2.75, 3.05) is 18.0 Å². The number of anilines is 1. The van der Waals surface area contributed by atoms with Gasteiger partial charge in [-0.3, -0.25) is 14.9 Å². The minimum absolute atomic E-state index is 0.00590. The molecular weight excluding hydrogens is 400 g/mol. The van der Waals surface area contributed by atoms with Crippen LogP contribution in [0.5, 0.6) is 0 Å². The van der Waals surface area contributed by atoms with Crippen LogP contribution in [-0.4, -0.2) is 30.1 Å². The number of halogens is 1. The van der Waals surface area contributed by atoms with Gasteiger partial charge in [0, 0.05) is 46.5 Å². The molecule has 0 aromatic heterocycles. The van der Waals surface area contributed by atoms with Gasteiger partial charge in [-0.1, -0.05) is 15.9 Å². The highest BCUT2D eigenvalue weighted by molar-refractivity contribution is 9.10. The lowest BCUT2D eigenvalue weighted by Crippen LogP contribution is -2.20. The van der Waals surface area contributed by atoms with Crippen molar-refractivity contribution in [3.05, 3.63) is 68.2 Å². The quantitative estimate of drug-likeness (QED) is 0.456. The van der Waals surface area contributed by atoms with Crippen molar-refractivity contribution < 1.29 is 9.72 Å². The van der Waals surface area contributed by atoms with Crippen LogP contribution in [0.3, 0.4) is 0 Å². The van der Waals surface area contributed by atoms with E-state index in [4.69, 9.17) is 0 Å². The van der Waals surface area contributed by atoms with Gasteiger partial charge in [0.05, 0.1) is 11.1 Å². The standard InChI is InChI=1S/C18H17BrN4O3/c19-15-5-3-13(4-6-15)18(24)21-20-12-14-11-16(23(25)26)7-8-17(14)22-9-1-2-10-22/h3-8,11-12H,1-2,9-10H2,(H,21,24)/b20-12+. The number of benzene rings is 2. The van der Waals surface area contributed by atoms with Gasteiger partial charge in [0.1, 0.15) is 0 Å². The van der Waals surface area contributed by atoms with Crippen LogP contribution in [0.1, 0.15) is 28.8 Å². The van der Waals surface area contributed by atoms with Crippen LogP contribution in [-0.2, 0) is 0 Å². The summed E-state index contributed by atoms with van der Waals surface area (Å²) in [6.45, 7) is 1.81. The van der Waals surface area contributed by atoms with Crippen molar-refractivity contribution in [3.8, 4) is 0 Å². The van der Waals surface area contributed by atoms with Crippen LogP contribution in [0, 0.1) is 10.1 Å². The number of hydrazone groups is 1. The molecule has 1 heterocycles. The Morgan fingerprint density at radius 2 is 1.88 bits per heavy atom. The molecule has 7 nitrogen and oxygen atoms in total. The molecule has 0 unspecified atom stereocenters. The van der Waals surface area contributed by atoms with Gasteiger partial charge >= 0.3 is 0 Å². The third-order valence-corrected chi connectivity index (χ3v) is 4.67. The summed E-state index contributed by atoms with van der Waals surface area (Å²) in [4.78, 5) is 24.9. The second-order valence-corrected chi connectivity index (χ2v) is 6.82. The summed E-state index contributed by atoms with van der Waals surface area (Å²) >= 11 is 3.32. The van der Waals surface area contributed by atoms with E-state index in [0.29, 0.717) is 11.1 Å². The minimum atomic E-state index is -0.439. The summed E-state index contributed by atoms with van der Waals surface area (Å²) in [5.41, 5.74) is 4.42. The predicted molar refractivity (Wildman–Crippen MR) is 104 cm³/mol. The summed E-state index contributed by atoms with van der Waals surface area (Å²) in [5.74, 6) is -0.345. The third-order valence-electron chi connectivity index (χ3n) is 4.14. The first kappa shape index (κ1) is 18.1. The number of hydrogen-bond donors (Lipinski definition) is 1. The first-order chi connectivity index (χ1) is 12.5. The Labute approximate surface area is 159 Å². The number of carbonyl (C=O) groups excluding carboxylic acids is 1. The molecule has 26 heavy (non-hydrogen) atoms. The van der Waals surface area contributed by atoms with Gasteiger partial charge in [-0.15, -0.1) is 0 Å². The van der Waals surface area contributed by atoms with Gasteiger partial charge in [0.25, 0.3) is 11.6 Å². The fourth-order valence-corrected chi connectivity index (χ4v) is 3.10. The zero-order chi connectivity index (χ0) is 18.5. The van der Waals surface area contributed by atoms with Crippen LogP contribution in [0.15, 0.2) is 52.0 Å². The fraction of sp³-hybridized carbons (Fsp3) is 0.222. The molecule has 1 aliphatic rings. The van der Waals surface area contributed by atoms with Crippen molar-refractivity contribution in [2.24, 2.45) is 5.10 Å². The number of nitro groups is 1. The topological polar surface area (TPSA) is 87.8 Å². The highest BCUT2D eigenvalue weighted by Gasteiger charge is 2.18. The molecule has 0 aliphatic carbocycles. The lowest BCUT2D eigenvalue weighted by Gasteiger charge is -2.19. The molecule has 8 heteroatoms. The smallest absolute Gasteiger partial charge is 0.271 e. The van der Waals surface area contributed by atoms with Crippen LogP contribution < -0.4 is 10.3 Å². The summed E-state index contributed by atoms with van der Waals surface area (Å²) in [7, 11) is 0. The number of nitro benzene ring substituents is 1. The number of rotatable bonds is 5. The second-order valence-electron chi connectivity index (χ2n) is 5.90. The van der Waals surface area contributed by atoms with Crippen molar-refractivity contribution in [3.63, 3.8) is 0 Å². The Kier molecular flexibility index (Phi) is 5.62. The highest BCUT2D eigenvalue weighted by atomic mass is 79.9. The molecule has 1 fully saturated rings. The summed E-state index contributed by atoms with van der Waals surface area (Å²) in [6.07, 6.45) is 3.64. The Morgan fingerprint density at radius 3 is 2.54 bits per heavy atom. The zero-order valence-corrected chi connectivity index (χ0v) is 15.5. The number of nitrogens with zero attached hydrogens (tertiary/aromatic N) is 3. The number of amides is 1. The van der Waals surface area contributed by atoms with Gasteiger partial charge in [-0.2, -0.15) is 5.10 Å². The van der Waals surface area contributed by atoms with E-state index >= 15 is 0 Å². The van der Waals surface area contributed by atoms with Crippen LogP contribution in [0.4, 0.5) is 11.4 Å². The van der Waals surface area contributed by atoms with Gasteiger partial charge < -0.3 is 4.90 Å². The summed E-state index contributed by atoms with van der Waals surface area (Å²) < 4.78 is 0.879. The molecule has 1 aliphatic heterocycles. The van der Waals surface area contributed by atoms with E-state index in [1.54, 1.807) is 30.3 Å². The average molecular weight is 417 g/mol. The van der Waals surface area contributed by atoms with Gasteiger partial charge in [0.15, 0.2) is 0 Å². The van der Waals surface area contributed by atoms with E-state index in [-0.39, 0.29) is 11.6 Å². The molecule has 0 spiro atoms. The molecule has 3 rings (SSSR count). The second kappa shape index (κ2) is 8.09. The third kappa shape index (κ3) is 4.26. The largest absolute Gasteiger partial charge is 0.371 e. The molecule has 0 bridgehead atoms. The predicted octanol–water partition coefficient (Wildman–Crippen LogP) is 3.72. The minimum Gasteiger partial charge on any atom is -0.371 e. The van der Waals surface area contributed by atoms with Gasteiger partial charge in [-0.25, -0.2) is 5.43 Å². The first-order valence-corrected chi connectivity index (χ1v) is 8.96. The number of nitrogens with one attached hydrogen (secondary N) is 1. The Hall–Kier alpha value is -2.74. The van der Waals surface area contributed by atoms with E-state index in [1.807, 2.05) is 0 Å². The van der Waals surface area contributed by atoms with Crippen molar-refractivity contribution in [2.45, 2.75) is 12.8 Å². The summed E-state index contributed by atoms with van der Waals surface area (Å²) in [6, 6.07) is 11.6. The van der Waals surface area contributed by atoms with Crippen molar-refractivity contribution >= 4 is 39.4 Å². The molecule has 0 radical (unpaired) electrons.